The fourth-order valence-electron chi connectivity index (χ4n) is 6.77. The number of ketones is 1. The molecule has 1 aliphatic carbocycles. The van der Waals surface area contributed by atoms with Crippen LogP contribution in [0.1, 0.15) is 73.0 Å². The molecule has 43 heavy (non-hydrogen) atoms. The zero-order valence-corrected chi connectivity index (χ0v) is 25.3. The third kappa shape index (κ3) is 5.14. The molecule has 0 unspecified atom stereocenters. The van der Waals surface area contributed by atoms with E-state index in [1.54, 1.807) is 0 Å². The summed E-state index contributed by atoms with van der Waals surface area (Å²) in [6.45, 7) is 8.64. The summed E-state index contributed by atoms with van der Waals surface area (Å²) < 4.78 is 0. The summed E-state index contributed by atoms with van der Waals surface area (Å²) in [5, 5.41) is 14.8. The van der Waals surface area contributed by atoms with E-state index in [-0.39, 0.29) is 23.3 Å². The van der Waals surface area contributed by atoms with E-state index in [1.807, 2.05) is 6.07 Å². The van der Waals surface area contributed by atoms with Crippen LogP contribution in [-0.2, 0) is 4.79 Å². The summed E-state index contributed by atoms with van der Waals surface area (Å²) in [4.78, 5) is 13.7. The van der Waals surface area contributed by atoms with Gasteiger partial charge < -0.3 is 10.6 Å². The van der Waals surface area contributed by atoms with Crippen LogP contribution in [0.25, 0.3) is 0 Å². The Labute approximate surface area is 254 Å². The molecule has 5 nitrogen and oxygen atoms in total. The highest BCUT2D eigenvalue weighted by Crippen LogP contribution is 2.46. The number of fused-ring (bicyclic) bond motifs is 1. The van der Waals surface area contributed by atoms with Crippen molar-refractivity contribution in [3.63, 3.8) is 0 Å². The van der Waals surface area contributed by atoms with Crippen molar-refractivity contribution in [1.29, 1.82) is 0 Å². The van der Waals surface area contributed by atoms with Gasteiger partial charge in [-0.3, -0.25) is 9.80 Å². The number of hydrogen-bond acceptors (Lipinski definition) is 5. The molecule has 0 radical (unpaired) electrons. The highest BCUT2D eigenvalue weighted by atomic mass is 16.1. The Morgan fingerprint density at radius 1 is 0.791 bits per heavy atom. The Morgan fingerprint density at radius 2 is 1.44 bits per heavy atom. The van der Waals surface area contributed by atoms with Crippen LogP contribution in [0.2, 0.25) is 0 Å². The van der Waals surface area contributed by atoms with Crippen LogP contribution in [0.3, 0.4) is 0 Å². The fourth-order valence-corrected chi connectivity index (χ4v) is 6.77. The highest BCUT2D eigenvalue weighted by molar-refractivity contribution is 6.03. The molecule has 4 aromatic carbocycles. The maximum atomic E-state index is 13.7. The van der Waals surface area contributed by atoms with Crippen molar-refractivity contribution in [2.75, 3.05) is 15.6 Å². The minimum absolute atomic E-state index is 0.0851. The molecule has 5 heteroatoms. The molecule has 2 atom stereocenters. The summed E-state index contributed by atoms with van der Waals surface area (Å²) >= 11 is 0. The molecule has 2 heterocycles. The minimum atomic E-state index is -0.240. The Bertz CT molecular complexity index is 1750. The standard InChI is InChI=1S/C38H38N4O/c1-24-19-31-32(20-25(24)2)40-37(36-33(39-31)22-38(3,4)23-35(36)43)28-15-17-29(18-16-28)42-34(27-13-9-6-10-14-27)21-30(41-42)26-11-7-5-8-12-26/h5-20,34,37,39-40H,21-23H2,1-4H3/t34-,37+/m0/s1. The average molecular weight is 567 g/mol. The first-order valence-electron chi connectivity index (χ1n) is 15.2. The van der Waals surface area contributed by atoms with Gasteiger partial charge in [-0.2, -0.15) is 5.10 Å². The number of rotatable bonds is 4. The first-order chi connectivity index (χ1) is 20.8. The lowest BCUT2D eigenvalue weighted by Gasteiger charge is -2.34. The van der Waals surface area contributed by atoms with Gasteiger partial charge in [0.15, 0.2) is 5.78 Å². The summed E-state index contributed by atoms with van der Waals surface area (Å²) in [6, 6.07) is 34.0. The quantitative estimate of drug-likeness (QED) is 0.259. The molecule has 4 aromatic rings. The molecule has 0 amide bonds. The number of aryl methyl sites for hydroxylation is 2. The second kappa shape index (κ2) is 10.6. The van der Waals surface area contributed by atoms with Crippen molar-refractivity contribution in [2.45, 2.75) is 59.0 Å². The zero-order chi connectivity index (χ0) is 29.7. The average Bonchev–Trinajstić information content (AvgIpc) is 3.38. The number of Topliss-reactive ketones (excluding diaryl/α,β-unsaturated/α-hetero) is 1. The van der Waals surface area contributed by atoms with Gasteiger partial charge >= 0.3 is 0 Å². The Kier molecular flexibility index (Phi) is 6.69. The largest absolute Gasteiger partial charge is 0.372 e. The predicted octanol–water partition coefficient (Wildman–Crippen LogP) is 8.88. The lowest BCUT2D eigenvalue weighted by Crippen LogP contribution is -2.31. The Hall–Kier alpha value is -4.64. The van der Waals surface area contributed by atoms with Crippen molar-refractivity contribution in [3.8, 4) is 0 Å². The lowest BCUT2D eigenvalue weighted by atomic mass is 9.73. The van der Waals surface area contributed by atoms with E-state index in [1.165, 1.54) is 16.7 Å². The predicted molar refractivity (Wildman–Crippen MR) is 177 cm³/mol. The third-order valence-corrected chi connectivity index (χ3v) is 9.12. The Morgan fingerprint density at radius 3 is 2.14 bits per heavy atom. The summed E-state index contributed by atoms with van der Waals surface area (Å²) in [6.07, 6.45) is 2.21. The summed E-state index contributed by atoms with van der Waals surface area (Å²) in [5.74, 6) is 0.211. The van der Waals surface area contributed by atoms with E-state index in [9.17, 15) is 4.79 Å². The van der Waals surface area contributed by atoms with Crippen LogP contribution in [0.5, 0.6) is 0 Å². The molecule has 0 spiro atoms. The van der Waals surface area contributed by atoms with Crippen LogP contribution in [-0.4, -0.2) is 11.5 Å². The first-order valence-corrected chi connectivity index (χ1v) is 15.2. The van der Waals surface area contributed by atoms with E-state index >= 15 is 0 Å². The number of nitrogens with one attached hydrogen (secondary N) is 2. The van der Waals surface area contributed by atoms with Gasteiger partial charge in [0.25, 0.3) is 0 Å². The fraction of sp³-hybridized carbons (Fsp3) is 0.263. The van der Waals surface area contributed by atoms with Gasteiger partial charge in [-0.05, 0) is 77.8 Å². The van der Waals surface area contributed by atoms with Crippen molar-refractivity contribution >= 4 is 28.6 Å². The normalized spacial score (nSPS) is 20.9. The molecule has 0 fully saturated rings. The van der Waals surface area contributed by atoms with Crippen molar-refractivity contribution in [1.82, 2.24) is 0 Å². The molecule has 0 bridgehead atoms. The molecule has 7 rings (SSSR count). The van der Waals surface area contributed by atoms with Crippen LogP contribution < -0.4 is 15.6 Å². The number of allylic oxidation sites excluding steroid dienone is 1. The highest BCUT2D eigenvalue weighted by Gasteiger charge is 2.39. The zero-order valence-electron chi connectivity index (χ0n) is 25.3. The van der Waals surface area contributed by atoms with Crippen molar-refractivity contribution in [2.24, 2.45) is 10.5 Å². The Balaban J connectivity index is 1.28. The van der Waals surface area contributed by atoms with Crippen molar-refractivity contribution in [3.05, 3.63) is 136 Å². The van der Waals surface area contributed by atoms with Gasteiger partial charge in [0.05, 0.1) is 34.9 Å². The van der Waals surface area contributed by atoms with Gasteiger partial charge in [0.2, 0.25) is 0 Å². The van der Waals surface area contributed by atoms with E-state index < -0.39 is 0 Å². The van der Waals surface area contributed by atoms with Crippen LogP contribution in [0.15, 0.2) is 113 Å². The van der Waals surface area contributed by atoms with Gasteiger partial charge in [-0.15, -0.1) is 0 Å². The van der Waals surface area contributed by atoms with E-state index in [0.717, 1.165) is 58.0 Å². The number of hydrazone groups is 1. The number of benzene rings is 4. The topological polar surface area (TPSA) is 56.7 Å². The number of nitrogens with zero attached hydrogens (tertiary/aromatic N) is 2. The van der Waals surface area contributed by atoms with Crippen LogP contribution in [0.4, 0.5) is 17.1 Å². The third-order valence-electron chi connectivity index (χ3n) is 9.12. The van der Waals surface area contributed by atoms with Crippen LogP contribution >= 0.6 is 0 Å². The molecule has 216 valence electrons. The molecular weight excluding hydrogens is 528 g/mol. The van der Waals surface area contributed by atoms with E-state index in [0.29, 0.717) is 6.42 Å². The number of anilines is 3. The first kappa shape index (κ1) is 27.2. The number of hydrogen-bond donors (Lipinski definition) is 2. The maximum absolute atomic E-state index is 13.7. The minimum Gasteiger partial charge on any atom is -0.372 e. The molecule has 0 saturated heterocycles. The SMILES string of the molecule is Cc1cc2c(cc1C)N[C@H](c1ccc(N3N=C(c4ccccc4)C[C@H]3c3ccccc3)cc1)C1=C(CC(C)(C)CC1=O)N2. The van der Waals surface area contributed by atoms with Gasteiger partial charge in [0.1, 0.15) is 0 Å². The van der Waals surface area contributed by atoms with Crippen molar-refractivity contribution < 1.29 is 4.79 Å². The summed E-state index contributed by atoms with van der Waals surface area (Å²) in [5.41, 5.74) is 11.9. The van der Waals surface area contributed by atoms with E-state index in [4.69, 9.17) is 5.10 Å². The van der Waals surface area contributed by atoms with Gasteiger partial charge in [-0.1, -0.05) is 86.6 Å². The monoisotopic (exact) mass is 566 g/mol. The molecule has 2 aliphatic heterocycles. The summed E-state index contributed by atoms with van der Waals surface area (Å²) in [7, 11) is 0. The van der Waals surface area contributed by atoms with Gasteiger partial charge in [0, 0.05) is 24.1 Å². The second-order valence-corrected chi connectivity index (χ2v) is 13.0. The molecule has 2 N–H and O–H groups in total. The van der Waals surface area contributed by atoms with Crippen LogP contribution in [0, 0.1) is 19.3 Å². The van der Waals surface area contributed by atoms with E-state index in [2.05, 4.69) is 134 Å². The smallest absolute Gasteiger partial charge is 0.163 e. The molecular formula is C38H38N4O. The molecule has 0 saturated carbocycles. The maximum Gasteiger partial charge on any atom is 0.163 e. The molecule has 3 aliphatic rings. The lowest BCUT2D eigenvalue weighted by molar-refractivity contribution is -0.118. The van der Waals surface area contributed by atoms with Gasteiger partial charge in [-0.25, -0.2) is 0 Å². The second-order valence-electron chi connectivity index (χ2n) is 13.0. The molecule has 0 aromatic heterocycles. The number of carbonyl (C=O) groups is 1. The number of carbonyl (C=O) groups excluding carboxylic acids is 1.